The van der Waals surface area contributed by atoms with Crippen LogP contribution in [0.1, 0.15) is 24.8 Å². The predicted octanol–water partition coefficient (Wildman–Crippen LogP) is 5.54. The van der Waals surface area contributed by atoms with Crippen molar-refractivity contribution in [3.8, 4) is 11.5 Å². The molecule has 2 aromatic carbocycles. The molecule has 0 saturated carbocycles. The van der Waals surface area contributed by atoms with Crippen LogP contribution in [0.25, 0.3) is 0 Å². The van der Waals surface area contributed by atoms with E-state index in [9.17, 15) is 4.79 Å². The van der Waals surface area contributed by atoms with E-state index in [4.69, 9.17) is 21.1 Å². The van der Waals surface area contributed by atoms with Crippen LogP contribution in [0.15, 0.2) is 46.9 Å². The van der Waals surface area contributed by atoms with Crippen LogP contribution in [0.2, 0.25) is 5.02 Å². The third-order valence-electron chi connectivity index (χ3n) is 4.31. The zero-order valence-corrected chi connectivity index (χ0v) is 18.5. The highest BCUT2D eigenvalue weighted by Crippen LogP contribution is 2.44. The van der Waals surface area contributed by atoms with Gasteiger partial charge in [0.15, 0.2) is 5.60 Å². The second kappa shape index (κ2) is 8.33. The molecule has 1 aliphatic rings. The fourth-order valence-electron chi connectivity index (χ4n) is 3.02. The maximum atomic E-state index is 13.3. The Morgan fingerprint density at radius 2 is 1.96 bits per heavy atom. The van der Waals surface area contributed by atoms with Gasteiger partial charge in [-0.2, -0.15) is 0 Å². The Morgan fingerprint density at radius 3 is 2.63 bits per heavy atom. The monoisotopic (exact) mass is 469 g/mol. The first kappa shape index (κ1) is 20.4. The van der Waals surface area contributed by atoms with Gasteiger partial charge in [0.05, 0.1) is 7.11 Å². The normalized spacial score (nSPS) is 17.1. The van der Waals surface area contributed by atoms with E-state index in [-0.39, 0.29) is 11.3 Å². The molecule has 1 atom stereocenters. The van der Waals surface area contributed by atoms with E-state index in [1.54, 1.807) is 57.0 Å². The molecule has 3 rings (SSSR count). The van der Waals surface area contributed by atoms with Gasteiger partial charge in [-0.25, -0.2) is 0 Å². The van der Waals surface area contributed by atoms with Crippen molar-refractivity contribution in [2.24, 2.45) is 0 Å². The van der Waals surface area contributed by atoms with Crippen molar-refractivity contribution in [2.45, 2.75) is 24.8 Å². The third-order valence-corrected chi connectivity index (χ3v) is 6.30. The Kier molecular flexibility index (Phi) is 6.28. The van der Waals surface area contributed by atoms with Crippen LogP contribution in [0, 0.1) is 0 Å². The number of ether oxygens (including phenoxy) is 2. The van der Waals surface area contributed by atoms with Crippen LogP contribution in [0.5, 0.6) is 11.5 Å². The molecule has 1 unspecified atom stereocenters. The maximum Gasteiger partial charge on any atom is 0.267 e. The third kappa shape index (κ3) is 4.55. The molecule has 0 bridgehead atoms. The van der Waals surface area contributed by atoms with E-state index in [1.807, 2.05) is 23.1 Å². The SMILES string of the molecule is COc1ccc(Br)cc1C1SCCN1C(=O)C(C)(C)Oc1ccc(Cl)cc1. The number of benzene rings is 2. The number of hydrogen-bond donors (Lipinski definition) is 0. The van der Waals surface area contributed by atoms with Gasteiger partial charge in [-0.15, -0.1) is 11.8 Å². The average Bonchev–Trinajstić information content (AvgIpc) is 3.12. The molecule has 144 valence electrons. The Morgan fingerprint density at radius 1 is 1.26 bits per heavy atom. The van der Waals surface area contributed by atoms with E-state index in [1.165, 1.54) is 0 Å². The standard InChI is InChI=1S/C20H21BrClNO3S/c1-20(2,26-15-7-5-14(22)6-8-15)19(24)23-10-11-27-18(23)16-12-13(21)4-9-17(16)25-3/h4-9,12,18H,10-11H2,1-3H3. The summed E-state index contributed by atoms with van der Waals surface area (Å²) in [6.07, 6.45) is 0. The smallest absolute Gasteiger partial charge is 0.267 e. The van der Waals surface area contributed by atoms with Gasteiger partial charge in [0, 0.05) is 27.4 Å². The second-order valence-corrected chi connectivity index (χ2v) is 9.21. The number of rotatable bonds is 5. The van der Waals surface area contributed by atoms with Gasteiger partial charge in [0.2, 0.25) is 0 Å². The Balaban J connectivity index is 1.84. The summed E-state index contributed by atoms with van der Waals surface area (Å²) >= 11 is 11.2. The van der Waals surface area contributed by atoms with Gasteiger partial charge in [0.1, 0.15) is 16.9 Å². The first-order chi connectivity index (χ1) is 12.8. The fraction of sp³-hybridized carbons (Fsp3) is 0.350. The highest BCUT2D eigenvalue weighted by Gasteiger charge is 2.41. The minimum absolute atomic E-state index is 0.0607. The summed E-state index contributed by atoms with van der Waals surface area (Å²) in [6, 6.07) is 12.9. The molecule has 7 heteroatoms. The average molecular weight is 471 g/mol. The number of halogens is 2. The van der Waals surface area contributed by atoms with Crippen molar-refractivity contribution in [3.63, 3.8) is 0 Å². The Labute approximate surface area is 177 Å². The minimum Gasteiger partial charge on any atom is -0.496 e. The predicted molar refractivity (Wildman–Crippen MR) is 114 cm³/mol. The zero-order chi connectivity index (χ0) is 19.6. The summed E-state index contributed by atoms with van der Waals surface area (Å²) in [5, 5.41) is 0.516. The lowest BCUT2D eigenvalue weighted by Gasteiger charge is -2.33. The van der Waals surface area contributed by atoms with E-state index in [0.717, 1.165) is 21.5 Å². The molecular weight excluding hydrogens is 450 g/mol. The molecule has 2 aromatic rings. The van der Waals surface area contributed by atoms with Gasteiger partial charge in [0.25, 0.3) is 5.91 Å². The zero-order valence-electron chi connectivity index (χ0n) is 15.4. The van der Waals surface area contributed by atoms with Crippen LogP contribution >= 0.6 is 39.3 Å². The van der Waals surface area contributed by atoms with E-state index >= 15 is 0 Å². The lowest BCUT2D eigenvalue weighted by atomic mass is 10.1. The van der Waals surface area contributed by atoms with Crippen molar-refractivity contribution in [1.29, 1.82) is 0 Å². The summed E-state index contributed by atoms with van der Waals surface area (Å²) in [5.41, 5.74) is -0.0269. The molecule has 0 radical (unpaired) electrons. The van der Waals surface area contributed by atoms with Gasteiger partial charge in [-0.3, -0.25) is 4.79 Å². The second-order valence-electron chi connectivity index (χ2n) is 6.67. The quantitative estimate of drug-likeness (QED) is 0.575. The Bertz CT molecular complexity index is 828. The van der Waals surface area contributed by atoms with Crippen LogP contribution in [0.3, 0.4) is 0 Å². The van der Waals surface area contributed by atoms with Gasteiger partial charge in [-0.1, -0.05) is 27.5 Å². The van der Waals surface area contributed by atoms with Crippen LogP contribution in [-0.2, 0) is 4.79 Å². The number of carbonyl (C=O) groups excluding carboxylic acids is 1. The molecule has 1 aliphatic heterocycles. The molecule has 27 heavy (non-hydrogen) atoms. The van der Waals surface area contributed by atoms with Crippen LogP contribution < -0.4 is 9.47 Å². The molecule has 1 amide bonds. The number of hydrogen-bond acceptors (Lipinski definition) is 4. The fourth-order valence-corrected chi connectivity index (χ4v) is 4.80. The van der Waals surface area contributed by atoms with Gasteiger partial charge >= 0.3 is 0 Å². The molecule has 0 N–H and O–H groups in total. The molecule has 4 nitrogen and oxygen atoms in total. The highest BCUT2D eigenvalue weighted by atomic mass is 79.9. The summed E-state index contributed by atoms with van der Waals surface area (Å²) < 4.78 is 12.5. The van der Waals surface area contributed by atoms with Gasteiger partial charge in [-0.05, 0) is 56.3 Å². The summed E-state index contributed by atoms with van der Waals surface area (Å²) in [7, 11) is 1.64. The van der Waals surface area contributed by atoms with Crippen LogP contribution in [0.4, 0.5) is 0 Å². The summed E-state index contributed by atoms with van der Waals surface area (Å²) in [5.74, 6) is 2.19. The van der Waals surface area contributed by atoms with Crippen molar-refractivity contribution >= 4 is 45.2 Å². The molecule has 0 aliphatic carbocycles. The molecule has 1 heterocycles. The van der Waals surface area contributed by atoms with Crippen LogP contribution in [-0.4, -0.2) is 35.8 Å². The number of amides is 1. The topological polar surface area (TPSA) is 38.8 Å². The maximum absolute atomic E-state index is 13.3. The molecule has 1 saturated heterocycles. The first-order valence-electron chi connectivity index (χ1n) is 8.52. The van der Waals surface area contributed by atoms with E-state index in [0.29, 0.717) is 17.3 Å². The van der Waals surface area contributed by atoms with Crippen molar-refractivity contribution in [2.75, 3.05) is 19.4 Å². The first-order valence-corrected chi connectivity index (χ1v) is 10.7. The van der Waals surface area contributed by atoms with Crippen molar-refractivity contribution < 1.29 is 14.3 Å². The summed E-state index contributed by atoms with van der Waals surface area (Å²) in [4.78, 5) is 15.2. The van der Waals surface area contributed by atoms with Crippen molar-refractivity contribution in [3.05, 3.63) is 57.5 Å². The largest absolute Gasteiger partial charge is 0.496 e. The lowest BCUT2D eigenvalue weighted by Crippen LogP contribution is -2.48. The highest BCUT2D eigenvalue weighted by molar-refractivity contribution is 9.10. The minimum atomic E-state index is -1.00. The number of nitrogens with zero attached hydrogens (tertiary/aromatic N) is 1. The Hall–Kier alpha value is -1.37. The lowest BCUT2D eigenvalue weighted by molar-refractivity contribution is -0.145. The molecule has 0 spiro atoms. The van der Waals surface area contributed by atoms with E-state index in [2.05, 4.69) is 15.9 Å². The molecule has 1 fully saturated rings. The number of methoxy groups -OCH3 is 1. The van der Waals surface area contributed by atoms with Crippen molar-refractivity contribution in [1.82, 2.24) is 4.90 Å². The van der Waals surface area contributed by atoms with Gasteiger partial charge < -0.3 is 14.4 Å². The molecule has 0 aromatic heterocycles. The molecular formula is C20H21BrClNO3S. The summed E-state index contributed by atoms with van der Waals surface area (Å²) in [6.45, 7) is 4.25. The number of thioether (sulfide) groups is 1. The van der Waals surface area contributed by atoms with E-state index < -0.39 is 5.60 Å². The number of carbonyl (C=O) groups is 1.